The largest absolute Gasteiger partial charge is 0.480 e. The van der Waals surface area contributed by atoms with E-state index in [0.717, 1.165) is 0 Å². The number of aliphatic carboxylic acids is 1. The van der Waals surface area contributed by atoms with E-state index in [1.807, 2.05) is 11.8 Å². The molecule has 1 N–H and O–H groups in total. The van der Waals surface area contributed by atoms with Crippen LogP contribution < -0.4 is 0 Å². The topological polar surface area (TPSA) is 40.5 Å². The van der Waals surface area contributed by atoms with Crippen LogP contribution in [0.15, 0.2) is 0 Å². The van der Waals surface area contributed by atoms with Crippen molar-refractivity contribution >= 4 is 17.7 Å². The highest BCUT2D eigenvalue weighted by atomic mass is 32.2. The Balaban J connectivity index is 2.04. The van der Waals surface area contributed by atoms with Crippen LogP contribution in [0.1, 0.15) is 45.4 Å². The van der Waals surface area contributed by atoms with Crippen LogP contribution in [0, 0.1) is 0 Å². The van der Waals surface area contributed by atoms with Crippen molar-refractivity contribution in [1.29, 1.82) is 0 Å². The van der Waals surface area contributed by atoms with Gasteiger partial charge in [-0.25, -0.2) is 0 Å². The first-order valence-electron chi connectivity index (χ1n) is 6.77. The summed E-state index contributed by atoms with van der Waals surface area (Å²) < 4.78 is 0. The van der Waals surface area contributed by atoms with Crippen LogP contribution in [0.25, 0.3) is 0 Å². The minimum atomic E-state index is -0.667. The van der Waals surface area contributed by atoms with Crippen molar-refractivity contribution < 1.29 is 9.90 Å². The third kappa shape index (κ3) is 3.38. The molecule has 17 heavy (non-hydrogen) atoms. The second kappa shape index (κ2) is 6.10. The molecule has 0 amide bonds. The second-order valence-electron chi connectivity index (χ2n) is 5.29. The molecule has 0 spiro atoms. The number of carbonyl (C=O) groups is 1. The molecular formula is C13H23NO2S. The van der Waals surface area contributed by atoms with Crippen LogP contribution in [0.5, 0.6) is 0 Å². The van der Waals surface area contributed by atoms with Gasteiger partial charge in [0.1, 0.15) is 0 Å². The summed E-state index contributed by atoms with van der Waals surface area (Å²) in [6.07, 6.45) is 7.35. The number of carboxylic acid groups (broad SMARTS) is 1. The lowest BCUT2D eigenvalue weighted by Gasteiger charge is -2.40. The first-order chi connectivity index (χ1) is 8.18. The number of carboxylic acids is 1. The van der Waals surface area contributed by atoms with Crippen LogP contribution in [-0.4, -0.2) is 45.6 Å². The Bertz CT molecular complexity index is 266. The molecule has 0 bridgehead atoms. The third-order valence-corrected chi connectivity index (χ3v) is 5.47. The van der Waals surface area contributed by atoms with Gasteiger partial charge in [0.25, 0.3) is 0 Å². The first-order valence-corrected chi connectivity index (χ1v) is 7.82. The molecule has 2 fully saturated rings. The van der Waals surface area contributed by atoms with Crippen LogP contribution in [0.4, 0.5) is 0 Å². The molecular weight excluding hydrogens is 234 g/mol. The Morgan fingerprint density at radius 1 is 1.29 bits per heavy atom. The maximum absolute atomic E-state index is 11.1. The van der Waals surface area contributed by atoms with Gasteiger partial charge >= 0.3 is 5.97 Å². The van der Waals surface area contributed by atoms with Gasteiger partial charge in [-0.3, -0.25) is 9.69 Å². The predicted octanol–water partition coefficient (Wildman–Crippen LogP) is 2.60. The van der Waals surface area contributed by atoms with Gasteiger partial charge in [0, 0.05) is 17.3 Å². The van der Waals surface area contributed by atoms with E-state index in [9.17, 15) is 4.79 Å². The van der Waals surface area contributed by atoms with Crippen LogP contribution >= 0.6 is 11.8 Å². The van der Waals surface area contributed by atoms with E-state index in [1.54, 1.807) is 0 Å². The average molecular weight is 257 g/mol. The summed E-state index contributed by atoms with van der Waals surface area (Å²) in [5.74, 6) is 0.572. The van der Waals surface area contributed by atoms with Crippen molar-refractivity contribution in [3.63, 3.8) is 0 Å². The zero-order valence-corrected chi connectivity index (χ0v) is 11.4. The highest BCUT2D eigenvalue weighted by molar-refractivity contribution is 7.99. The Morgan fingerprint density at radius 2 is 2.00 bits per heavy atom. The summed E-state index contributed by atoms with van der Waals surface area (Å²) in [6, 6.07) is 1.00. The minimum absolute atomic E-state index is 0.236. The molecule has 0 aromatic heterocycles. The summed E-state index contributed by atoms with van der Waals surface area (Å²) in [7, 11) is 0. The molecule has 1 saturated heterocycles. The van der Waals surface area contributed by atoms with Crippen molar-refractivity contribution in [1.82, 2.24) is 4.90 Å². The summed E-state index contributed by atoms with van der Waals surface area (Å²) in [5.41, 5.74) is 0. The Morgan fingerprint density at radius 3 is 2.59 bits per heavy atom. The minimum Gasteiger partial charge on any atom is -0.480 e. The van der Waals surface area contributed by atoms with E-state index >= 15 is 0 Å². The molecule has 2 atom stereocenters. The van der Waals surface area contributed by atoms with Crippen LogP contribution in [0.3, 0.4) is 0 Å². The number of hydrogen-bond donors (Lipinski definition) is 1. The molecule has 4 heteroatoms. The lowest BCUT2D eigenvalue weighted by atomic mass is 10.0. The summed E-state index contributed by atoms with van der Waals surface area (Å²) in [4.78, 5) is 13.4. The van der Waals surface area contributed by atoms with Gasteiger partial charge < -0.3 is 5.11 Å². The fraction of sp³-hybridized carbons (Fsp3) is 0.923. The second-order valence-corrected chi connectivity index (χ2v) is 6.77. The monoisotopic (exact) mass is 257 g/mol. The number of nitrogens with zero attached hydrogens (tertiary/aromatic N) is 1. The fourth-order valence-corrected chi connectivity index (χ4v) is 4.47. The van der Waals surface area contributed by atoms with Crippen LogP contribution in [0.2, 0.25) is 0 Å². The molecule has 1 aliphatic carbocycles. The van der Waals surface area contributed by atoms with Crippen molar-refractivity contribution in [2.45, 2.75) is 62.8 Å². The fourth-order valence-electron chi connectivity index (χ4n) is 3.25. The SMILES string of the molecule is CC1SCCCC1N(CC(=O)O)C1CCCC1. The van der Waals surface area contributed by atoms with E-state index in [2.05, 4.69) is 11.8 Å². The number of hydrogen-bond acceptors (Lipinski definition) is 3. The smallest absolute Gasteiger partial charge is 0.317 e. The summed E-state index contributed by atoms with van der Waals surface area (Å²) in [5, 5.41) is 9.70. The highest BCUT2D eigenvalue weighted by Gasteiger charge is 2.34. The van der Waals surface area contributed by atoms with E-state index in [4.69, 9.17) is 5.11 Å². The first kappa shape index (κ1) is 13.2. The molecule has 98 valence electrons. The van der Waals surface area contributed by atoms with Gasteiger partial charge in [-0.1, -0.05) is 19.8 Å². The molecule has 1 aliphatic heterocycles. The predicted molar refractivity (Wildman–Crippen MR) is 71.5 cm³/mol. The van der Waals surface area contributed by atoms with Gasteiger partial charge in [0.2, 0.25) is 0 Å². The average Bonchev–Trinajstić information content (AvgIpc) is 2.80. The maximum atomic E-state index is 11.1. The lowest BCUT2D eigenvalue weighted by molar-refractivity contribution is -0.139. The third-order valence-electron chi connectivity index (χ3n) is 4.10. The summed E-state index contributed by atoms with van der Waals surface area (Å²) in [6.45, 7) is 2.50. The molecule has 1 saturated carbocycles. The Kier molecular flexibility index (Phi) is 4.74. The Labute approximate surface area is 108 Å². The van der Waals surface area contributed by atoms with Gasteiger partial charge in [-0.05, 0) is 31.4 Å². The highest BCUT2D eigenvalue weighted by Crippen LogP contribution is 2.33. The van der Waals surface area contributed by atoms with Crippen LogP contribution in [-0.2, 0) is 4.79 Å². The molecule has 0 radical (unpaired) electrons. The van der Waals surface area contributed by atoms with Gasteiger partial charge in [-0.15, -0.1) is 0 Å². The number of rotatable bonds is 4. The molecule has 0 aromatic carbocycles. The van der Waals surface area contributed by atoms with Gasteiger partial charge in [-0.2, -0.15) is 11.8 Å². The zero-order valence-electron chi connectivity index (χ0n) is 10.6. The molecule has 1 heterocycles. The maximum Gasteiger partial charge on any atom is 0.317 e. The van der Waals surface area contributed by atoms with Crippen molar-refractivity contribution in [3.05, 3.63) is 0 Å². The van der Waals surface area contributed by atoms with E-state index in [1.165, 1.54) is 44.3 Å². The Hall–Kier alpha value is -0.220. The zero-order chi connectivity index (χ0) is 12.3. The molecule has 2 unspecified atom stereocenters. The van der Waals surface area contributed by atoms with Crippen molar-refractivity contribution in [3.8, 4) is 0 Å². The van der Waals surface area contributed by atoms with Gasteiger partial charge in [0.15, 0.2) is 0 Å². The standard InChI is InChI=1S/C13H23NO2S/c1-10-12(7-4-8-17-10)14(9-13(15)16)11-5-2-3-6-11/h10-12H,2-9H2,1H3,(H,15,16). The number of thioether (sulfide) groups is 1. The van der Waals surface area contributed by atoms with Crippen molar-refractivity contribution in [2.75, 3.05) is 12.3 Å². The summed E-state index contributed by atoms with van der Waals surface area (Å²) >= 11 is 2.01. The van der Waals surface area contributed by atoms with E-state index in [0.29, 0.717) is 17.3 Å². The van der Waals surface area contributed by atoms with Crippen molar-refractivity contribution in [2.24, 2.45) is 0 Å². The van der Waals surface area contributed by atoms with Gasteiger partial charge in [0.05, 0.1) is 6.54 Å². The molecule has 2 aliphatic rings. The van der Waals surface area contributed by atoms with E-state index in [-0.39, 0.29) is 6.54 Å². The normalized spacial score (nSPS) is 30.9. The molecule has 2 rings (SSSR count). The molecule has 3 nitrogen and oxygen atoms in total. The molecule has 0 aromatic rings. The van der Waals surface area contributed by atoms with E-state index < -0.39 is 5.97 Å². The quantitative estimate of drug-likeness (QED) is 0.840. The lowest BCUT2D eigenvalue weighted by Crippen LogP contribution is -2.50.